The fourth-order valence-electron chi connectivity index (χ4n) is 8.39. The average molecular weight is 638 g/mol. The zero-order valence-corrected chi connectivity index (χ0v) is 28.9. The maximum Gasteiger partial charge on any atom is 0.308 e. The highest BCUT2D eigenvalue weighted by molar-refractivity contribution is 5.71. The molecule has 9 heteroatoms. The van der Waals surface area contributed by atoms with Crippen LogP contribution in [-0.4, -0.2) is 67.3 Å². The summed E-state index contributed by atoms with van der Waals surface area (Å²) in [4.78, 5) is 53.0. The van der Waals surface area contributed by atoms with Crippen LogP contribution in [0.3, 0.4) is 0 Å². The van der Waals surface area contributed by atoms with Crippen molar-refractivity contribution in [3.05, 3.63) is 59.2 Å². The molecular weight excluding hydrogens is 586 g/mol. The second-order valence-corrected chi connectivity index (χ2v) is 14.4. The van der Waals surface area contributed by atoms with Gasteiger partial charge in [-0.3, -0.25) is 19.2 Å². The van der Waals surface area contributed by atoms with E-state index in [0.29, 0.717) is 25.7 Å². The monoisotopic (exact) mass is 637 g/mol. The first-order valence-electron chi connectivity index (χ1n) is 16.3. The third kappa shape index (κ3) is 7.09. The van der Waals surface area contributed by atoms with Crippen LogP contribution in [0.5, 0.6) is 0 Å². The molecule has 0 aliphatic heterocycles. The van der Waals surface area contributed by atoms with Crippen molar-refractivity contribution in [2.75, 3.05) is 14.1 Å². The van der Waals surface area contributed by atoms with Gasteiger partial charge in [-0.15, -0.1) is 0 Å². The van der Waals surface area contributed by atoms with Crippen molar-refractivity contribution in [3.8, 4) is 0 Å². The SMILES string of the molecule is C=C1[C@@H](OC(=O)CC(c2ccccc2)N(C)C)CC[C@]2(C)[C@@H]1C[C@@H]1C[C@H](OC(C)=O)C(C)=C([C@@H](OC(C)=O)[C@@H]2OC(C)=O)C1(C)C. The first-order chi connectivity index (χ1) is 21.5. The molecule has 0 radical (unpaired) electrons. The molecule has 0 amide bonds. The van der Waals surface area contributed by atoms with Crippen molar-refractivity contribution in [3.63, 3.8) is 0 Å². The maximum absolute atomic E-state index is 13.5. The Morgan fingerprint density at radius 3 is 2.07 bits per heavy atom. The van der Waals surface area contributed by atoms with E-state index in [4.69, 9.17) is 18.9 Å². The quantitative estimate of drug-likeness (QED) is 0.189. The van der Waals surface area contributed by atoms with E-state index in [0.717, 1.165) is 22.3 Å². The van der Waals surface area contributed by atoms with Crippen LogP contribution in [0.15, 0.2) is 53.6 Å². The Labute approximate surface area is 273 Å². The second kappa shape index (κ2) is 13.7. The van der Waals surface area contributed by atoms with Gasteiger partial charge in [-0.1, -0.05) is 57.7 Å². The van der Waals surface area contributed by atoms with Crippen molar-refractivity contribution in [2.45, 2.75) is 111 Å². The van der Waals surface area contributed by atoms with Crippen LogP contribution in [0.4, 0.5) is 0 Å². The van der Waals surface area contributed by atoms with E-state index in [1.165, 1.54) is 20.8 Å². The zero-order chi connectivity index (χ0) is 34.1. The molecular formula is C37H51NO8. The van der Waals surface area contributed by atoms with E-state index < -0.39 is 53.2 Å². The van der Waals surface area contributed by atoms with Crippen molar-refractivity contribution in [2.24, 2.45) is 22.7 Å². The molecule has 2 bridgehead atoms. The summed E-state index contributed by atoms with van der Waals surface area (Å²) >= 11 is 0. The number of ether oxygens (including phenoxy) is 4. The van der Waals surface area contributed by atoms with Gasteiger partial charge in [-0.05, 0) is 86.2 Å². The predicted molar refractivity (Wildman–Crippen MR) is 173 cm³/mol. The van der Waals surface area contributed by atoms with E-state index in [1.54, 1.807) is 0 Å². The molecule has 2 saturated carbocycles. The van der Waals surface area contributed by atoms with E-state index in [9.17, 15) is 19.2 Å². The molecule has 3 aliphatic rings. The molecule has 0 heterocycles. The molecule has 3 aliphatic carbocycles. The summed E-state index contributed by atoms with van der Waals surface area (Å²) in [7, 11) is 3.89. The molecule has 0 N–H and O–H groups in total. The van der Waals surface area contributed by atoms with Gasteiger partial charge in [-0.2, -0.15) is 0 Å². The Hall–Kier alpha value is -3.46. The van der Waals surface area contributed by atoms with E-state index in [1.807, 2.05) is 56.3 Å². The molecule has 1 aromatic carbocycles. The summed E-state index contributed by atoms with van der Waals surface area (Å²) in [5.74, 6) is -1.95. The van der Waals surface area contributed by atoms with Crippen LogP contribution in [0.1, 0.15) is 92.2 Å². The highest BCUT2D eigenvalue weighted by Gasteiger charge is 2.60. The van der Waals surface area contributed by atoms with Gasteiger partial charge in [0.05, 0.1) is 6.42 Å². The van der Waals surface area contributed by atoms with Crippen molar-refractivity contribution >= 4 is 23.9 Å². The number of carbonyl (C=O) groups excluding carboxylic acids is 4. The molecule has 1 aromatic rings. The van der Waals surface area contributed by atoms with Crippen LogP contribution >= 0.6 is 0 Å². The lowest BCUT2D eigenvalue weighted by molar-refractivity contribution is -0.187. The molecule has 2 fully saturated rings. The topological polar surface area (TPSA) is 108 Å². The highest BCUT2D eigenvalue weighted by Crippen LogP contribution is 2.60. The minimum atomic E-state index is -0.899. The Bertz CT molecular complexity index is 1380. The summed E-state index contributed by atoms with van der Waals surface area (Å²) in [6, 6.07) is 9.73. The summed E-state index contributed by atoms with van der Waals surface area (Å²) in [6.07, 6.45) is -0.346. The first-order valence-corrected chi connectivity index (χ1v) is 16.3. The molecule has 0 spiro atoms. The minimum Gasteiger partial charge on any atom is -0.458 e. The average Bonchev–Trinajstić information content (AvgIpc) is 2.95. The Morgan fingerprint density at radius 2 is 1.50 bits per heavy atom. The standard InChI is InChI=1S/C37H51NO8/c1-21-28-18-27-19-31(43-23(3)39)22(2)33(36(27,6)7)34(44-24(4)40)35(45-25(5)41)37(28,8)17-16-30(21)46-32(42)20-29(38(9)10)26-14-12-11-13-15-26/h11-15,27-31,34-35H,1,16-20H2,2-10H3/t27-,28-,29?,30+,31+,34-,35+,37-/m1/s1. The Balaban J connectivity index is 1.74. The van der Waals surface area contributed by atoms with Crippen molar-refractivity contribution in [1.29, 1.82) is 0 Å². The number of hydrogen-bond acceptors (Lipinski definition) is 9. The number of benzene rings is 1. The van der Waals surface area contributed by atoms with Gasteiger partial charge in [-0.25, -0.2) is 0 Å². The number of nitrogens with zero attached hydrogens (tertiary/aromatic N) is 1. The van der Waals surface area contributed by atoms with Crippen LogP contribution in [0, 0.1) is 22.7 Å². The van der Waals surface area contributed by atoms with Gasteiger partial charge in [0.25, 0.3) is 0 Å². The Morgan fingerprint density at radius 1 is 0.891 bits per heavy atom. The number of rotatable bonds is 8. The molecule has 8 atom stereocenters. The Kier molecular flexibility index (Phi) is 10.6. The smallest absolute Gasteiger partial charge is 0.308 e. The molecule has 0 saturated heterocycles. The lowest BCUT2D eigenvalue weighted by atomic mass is 9.50. The van der Waals surface area contributed by atoms with Crippen molar-refractivity contribution < 1.29 is 38.1 Å². The van der Waals surface area contributed by atoms with Crippen LogP contribution in [0.2, 0.25) is 0 Å². The van der Waals surface area contributed by atoms with Crippen molar-refractivity contribution in [1.82, 2.24) is 4.90 Å². The first kappa shape index (κ1) is 35.4. The number of fused-ring (bicyclic) bond motifs is 3. The van der Waals surface area contributed by atoms with Gasteiger partial charge < -0.3 is 23.8 Å². The predicted octanol–water partition coefficient (Wildman–Crippen LogP) is 6.13. The third-order valence-electron chi connectivity index (χ3n) is 10.8. The minimum absolute atomic E-state index is 0.00128. The zero-order valence-electron chi connectivity index (χ0n) is 28.9. The van der Waals surface area contributed by atoms with Gasteiger partial charge in [0.2, 0.25) is 0 Å². The van der Waals surface area contributed by atoms with Crippen LogP contribution in [-0.2, 0) is 38.1 Å². The largest absolute Gasteiger partial charge is 0.458 e. The van der Waals surface area contributed by atoms with E-state index in [-0.39, 0.29) is 30.3 Å². The van der Waals surface area contributed by atoms with Gasteiger partial charge >= 0.3 is 23.9 Å². The summed E-state index contributed by atoms with van der Waals surface area (Å²) in [5.41, 5.74) is 2.25. The van der Waals surface area contributed by atoms with E-state index >= 15 is 0 Å². The lowest BCUT2D eigenvalue weighted by Crippen LogP contribution is -2.59. The molecule has 46 heavy (non-hydrogen) atoms. The maximum atomic E-state index is 13.5. The summed E-state index contributed by atoms with van der Waals surface area (Å²) in [5, 5.41) is 0. The van der Waals surface area contributed by atoms with Gasteiger partial charge in [0.1, 0.15) is 18.3 Å². The van der Waals surface area contributed by atoms with E-state index in [2.05, 4.69) is 27.4 Å². The molecule has 1 unspecified atom stereocenters. The molecule has 0 aromatic heterocycles. The fourth-order valence-corrected chi connectivity index (χ4v) is 8.39. The van der Waals surface area contributed by atoms with Gasteiger partial charge in [0.15, 0.2) is 6.10 Å². The normalized spacial score (nSPS) is 31.1. The van der Waals surface area contributed by atoms with Crippen LogP contribution < -0.4 is 0 Å². The van der Waals surface area contributed by atoms with Gasteiger partial charge in [0, 0.05) is 32.2 Å². The molecule has 4 rings (SSSR count). The number of carbonyl (C=O) groups is 4. The van der Waals surface area contributed by atoms with Crippen LogP contribution in [0.25, 0.3) is 0 Å². The number of hydrogen-bond donors (Lipinski definition) is 0. The molecule has 9 nitrogen and oxygen atoms in total. The highest BCUT2D eigenvalue weighted by atomic mass is 16.6. The molecule has 252 valence electrons. The third-order valence-corrected chi connectivity index (χ3v) is 10.8. The summed E-state index contributed by atoms with van der Waals surface area (Å²) < 4.78 is 24.2. The lowest BCUT2D eigenvalue weighted by Gasteiger charge is -2.58. The fraction of sp³-hybridized carbons (Fsp3) is 0.622. The summed E-state index contributed by atoms with van der Waals surface area (Å²) in [6.45, 7) is 16.8. The second-order valence-electron chi connectivity index (χ2n) is 14.4. The number of esters is 4.